The molecule has 5 nitrogen and oxygen atoms in total. The smallest absolute Gasteiger partial charge is 0.220 e. The van der Waals surface area contributed by atoms with Crippen molar-refractivity contribution in [3.05, 3.63) is 23.9 Å². The summed E-state index contributed by atoms with van der Waals surface area (Å²) >= 11 is 0. The van der Waals surface area contributed by atoms with Crippen molar-refractivity contribution in [1.29, 1.82) is 0 Å². The first kappa shape index (κ1) is 9.07. The van der Waals surface area contributed by atoms with Gasteiger partial charge in [0.1, 0.15) is 0 Å². The Bertz CT molecular complexity index is 590. The molecule has 0 aliphatic heterocycles. The maximum Gasteiger partial charge on any atom is 0.369 e. The fraction of sp³-hybridized carbons (Fsp3) is 0.143. The highest BCUT2D eigenvalue weighted by Crippen LogP contribution is 2.09. The van der Waals surface area contributed by atoms with E-state index in [-0.39, 0.29) is 0 Å². The van der Waals surface area contributed by atoms with E-state index in [4.69, 9.17) is 0 Å². The molecule has 2 aromatic rings. The van der Waals surface area contributed by atoms with Gasteiger partial charge in [0.05, 0.1) is 0 Å². The number of pyridine rings is 1. The van der Waals surface area contributed by atoms with Crippen molar-refractivity contribution in [2.24, 2.45) is 0 Å². The summed E-state index contributed by atoms with van der Waals surface area (Å²) < 4.78 is 34.7. The first-order valence-electron chi connectivity index (χ1n) is 3.74. The Morgan fingerprint density at radius 2 is 2.21 bits per heavy atom. The van der Waals surface area contributed by atoms with E-state index in [9.17, 15) is 12.3 Å². The molecule has 0 unspecified atom stereocenters. The SMILES string of the molecule is Cc1ccn2nc(S(=O)(=O)F)nc2c1. The third-order valence-electron chi connectivity index (χ3n) is 1.69. The molecule has 0 spiro atoms. The summed E-state index contributed by atoms with van der Waals surface area (Å²) in [6, 6.07) is 3.33. The third kappa shape index (κ3) is 1.46. The Morgan fingerprint density at radius 3 is 2.86 bits per heavy atom. The molecule has 2 rings (SSSR count). The maximum atomic E-state index is 12.5. The minimum Gasteiger partial charge on any atom is -0.220 e. The second kappa shape index (κ2) is 2.74. The first-order chi connectivity index (χ1) is 6.47. The van der Waals surface area contributed by atoms with Gasteiger partial charge in [-0.05, 0) is 24.6 Å². The van der Waals surface area contributed by atoms with Gasteiger partial charge in [-0.15, -0.1) is 5.10 Å². The lowest BCUT2D eigenvalue weighted by Crippen LogP contribution is -1.95. The van der Waals surface area contributed by atoms with Crippen LogP contribution in [0.5, 0.6) is 0 Å². The average Bonchev–Trinajstić information content (AvgIpc) is 2.45. The number of aryl methyl sites for hydroxylation is 1. The van der Waals surface area contributed by atoms with Crippen LogP contribution >= 0.6 is 0 Å². The number of hydrogen-bond donors (Lipinski definition) is 0. The zero-order chi connectivity index (χ0) is 10.3. The van der Waals surface area contributed by atoms with Crippen LogP contribution in [0.1, 0.15) is 5.56 Å². The fourth-order valence-electron chi connectivity index (χ4n) is 1.07. The van der Waals surface area contributed by atoms with Gasteiger partial charge in [-0.3, -0.25) is 0 Å². The minimum absolute atomic E-state index is 0.307. The number of halogens is 1. The zero-order valence-electron chi connectivity index (χ0n) is 7.18. The standard InChI is InChI=1S/C7H6FN3O2S/c1-5-2-3-11-6(4-5)9-7(10-11)14(8,12)13/h2-4H,1H3. The van der Waals surface area contributed by atoms with Gasteiger partial charge >= 0.3 is 10.2 Å². The van der Waals surface area contributed by atoms with E-state index in [1.54, 1.807) is 12.1 Å². The molecule has 0 aliphatic carbocycles. The zero-order valence-corrected chi connectivity index (χ0v) is 7.99. The van der Waals surface area contributed by atoms with Gasteiger partial charge < -0.3 is 0 Å². The lowest BCUT2D eigenvalue weighted by molar-refractivity contribution is 0.542. The molecule has 0 radical (unpaired) electrons. The molecular weight excluding hydrogens is 209 g/mol. The molecule has 74 valence electrons. The summed E-state index contributed by atoms with van der Waals surface area (Å²) in [5.41, 5.74) is 1.20. The molecular formula is C7H6FN3O2S. The molecule has 14 heavy (non-hydrogen) atoms. The predicted molar refractivity (Wildman–Crippen MR) is 46.0 cm³/mol. The molecule has 0 amide bonds. The van der Waals surface area contributed by atoms with Crippen LogP contribution in [0.15, 0.2) is 23.5 Å². The van der Waals surface area contributed by atoms with Crippen molar-refractivity contribution < 1.29 is 12.3 Å². The Labute approximate surface area is 79.4 Å². The van der Waals surface area contributed by atoms with Crippen LogP contribution in [0.2, 0.25) is 0 Å². The van der Waals surface area contributed by atoms with Crippen molar-refractivity contribution in [3.8, 4) is 0 Å². The summed E-state index contributed by atoms with van der Waals surface area (Å²) in [5.74, 6) is 0. The summed E-state index contributed by atoms with van der Waals surface area (Å²) in [5, 5.41) is 2.66. The van der Waals surface area contributed by atoms with Gasteiger partial charge in [0, 0.05) is 6.20 Å². The van der Waals surface area contributed by atoms with Gasteiger partial charge in [-0.25, -0.2) is 4.52 Å². The van der Waals surface area contributed by atoms with Crippen LogP contribution < -0.4 is 0 Å². The Kier molecular flexibility index (Phi) is 1.78. The molecule has 0 saturated carbocycles. The van der Waals surface area contributed by atoms with Crippen molar-refractivity contribution in [2.75, 3.05) is 0 Å². The van der Waals surface area contributed by atoms with Crippen LogP contribution in [0.4, 0.5) is 3.89 Å². The van der Waals surface area contributed by atoms with Crippen LogP contribution in [-0.2, 0) is 10.2 Å². The summed E-state index contributed by atoms with van der Waals surface area (Å²) in [6.45, 7) is 1.82. The van der Waals surface area contributed by atoms with Crippen LogP contribution in [-0.4, -0.2) is 23.0 Å². The molecule has 0 bridgehead atoms. The molecule has 0 aliphatic rings. The number of hydrogen-bond acceptors (Lipinski definition) is 4. The molecule has 0 atom stereocenters. The Morgan fingerprint density at radius 1 is 1.50 bits per heavy atom. The van der Waals surface area contributed by atoms with E-state index in [1.807, 2.05) is 6.92 Å². The van der Waals surface area contributed by atoms with E-state index < -0.39 is 15.4 Å². The first-order valence-corrected chi connectivity index (χ1v) is 5.13. The second-order valence-corrected chi connectivity index (χ2v) is 4.08. The molecule has 0 saturated heterocycles. The average molecular weight is 215 g/mol. The normalized spacial score (nSPS) is 12.1. The van der Waals surface area contributed by atoms with E-state index >= 15 is 0 Å². The Hall–Kier alpha value is -1.50. The molecule has 2 heterocycles. The quantitative estimate of drug-likeness (QED) is 0.657. The largest absolute Gasteiger partial charge is 0.369 e. The minimum atomic E-state index is -4.82. The van der Waals surface area contributed by atoms with E-state index in [2.05, 4.69) is 10.1 Å². The second-order valence-electron chi connectivity index (χ2n) is 2.84. The summed E-state index contributed by atoms with van der Waals surface area (Å²) in [7, 11) is -4.82. The van der Waals surface area contributed by atoms with E-state index in [0.717, 1.165) is 5.56 Å². The molecule has 7 heteroatoms. The number of nitrogens with zero attached hydrogens (tertiary/aromatic N) is 3. The van der Waals surface area contributed by atoms with Crippen molar-refractivity contribution >= 4 is 15.9 Å². The highest BCUT2D eigenvalue weighted by Gasteiger charge is 2.18. The lowest BCUT2D eigenvalue weighted by Gasteiger charge is -1.90. The van der Waals surface area contributed by atoms with Crippen molar-refractivity contribution in [3.63, 3.8) is 0 Å². The van der Waals surface area contributed by atoms with Crippen LogP contribution in [0.3, 0.4) is 0 Å². The lowest BCUT2D eigenvalue weighted by atomic mass is 10.3. The summed E-state index contributed by atoms with van der Waals surface area (Å²) in [4.78, 5) is 3.53. The van der Waals surface area contributed by atoms with Gasteiger partial charge in [0.25, 0.3) is 5.16 Å². The molecule has 0 aromatic carbocycles. The molecule has 0 N–H and O–H groups in total. The number of rotatable bonds is 1. The number of fused-ring (bicyclic) bond motifs is 1. The number of aromatic nitrogens is 3. The van der Waals surface area contributed by atoms with Gasteiger partial charge in [0.15, 0.2) is 5.65 Å². The topological polar surface area (TPSA) is 64.3 Å². The maximum absolute atomic E-state index is 12.5. The van der Waals surface area contributed by atoms with Crippen molar-refractivity contribution in [1.82, 2.24) is 14.6 Å². The van der Waals surface area contributed by atoms with Gasteiger partial charge in [0.2, 0.25) is 0 Å². The molecule has 0 fully saturated rings. The highest BCUT2D eigenvalue weighted by atomic mass is 32.3. The van der Waals surface area contributed by atoms with Gasteiger partial charge in [-0.2, -0.15) is 13.4 Å². The predicted octanol–water partition coefficient (Wildman–Crippen LogP) is 0.696. The van der Waals surface area contributed by atoms with E-state index in [0.29, 0.717) is 5.65 Å². The summed E-state index contributed by atoms with van der Waals surface area (Å²) in [6.07, 6.45) is 1.52. The van der Waals surface area contributed by atoms with Crippen molar-refractivity contribution in [2.45, 2.75) is 12.1 Å². The molecule has 2 aromatic heterocycles. The van der Waals surface area contributed by atoms with E-state index in [1.165, 1.54) is 10.7 Å². The Balaban J connectivity index is 2.75. The highest BCUT2D eigenvalue weighted by molar-refractivity contribution is 7.86. The van der Waals surface area contributed by atoms with Gasteiger partial charge in [-0.1, -0.05) is 3.89 Å². The van der Waals surface area contributed by atoms with Crippen LogP contribution in [0, 0.1) is 6.92 Å². The third-order valence-corrected chi connectivity index (χ3v) is 2.30. The fourth-order valence-corrected chi connectivity index (χ4v) is 1.45. The monoisotopic (exact) mass is 215 g/mol. The van der Waals surface area contributed by atoms with Crippen LogP contribution in [0.25, 0.3) is 5.65 Å².